The van der Waals surface area contributed by atoms with Gasteiger partial charge in [0.15, 0.2) is 0 Å². The summed E-state index contributed by atoms with van der Waals surface area (Å²) < 4.78 is 13.2. The maximum atomic E-state index is 13.3. The number of fused-ring (bicyclic) bond motifs is 2. The Balaban J connectivity index is 1.43. The number of nitrogens with one attached hydrogen (secondary N) is 1. The van der Waals surface area contributed by atoms with E-state index in [2.05, 4.69) is 10.2 Å². The Bertz CT molecular complexity index is 1120. The highest BCUT2D eigenvalue weighted by molar-refractivity contribution is 5.94. The molecule has 2 N–H and O–H groups in total. The summed E-state index contributed by atoms with van der Waals surface area (Å²) in [5.74, 6) is -1.41. The van der Waals surface area contributed by atoms with Crippen LogP contribution in [-0.2, 0) is 14.4 Å². The molecule has 2 saturated carbocycles. The van der Waals surface area contributed by atoms with Gasteiger partial charge in [0.2, 0.25) is 11.8 Å². The van der Waals surface area contributed by atoms with E-state index in [1.54, 1.807) is 12.1 Å². The van der Waals surface area contributed by atoms with E-state index in [0.717, 1.165) is 43.4 Å². The first-order chi connectivity index (χ1) is 16.9. The zero-order valence-corrected chi connectivity index (χ0v) is 19.5. The van der Waals surface area contributed by atoms with E-state index in [0.29, 0.717) is 5.69 Å². The first-order valence-electron chi connectivity index (χ1n) is 12.4. The number of hydrogen-bond donors (Lipinski definition) is 2. The predicted octanol–water partition coefficient (Wildman–Crippen LogP) is 4.35. The molecule has 2 aromatic rings. The number of carboxylic acids is 1. The normalized spacial score (nSPS) is 22.8. The fraction of sp³-hybridized carbons (Fsp3) is 0.444. The highest BCUT2D eigenvalue weighted by Gasteiger charge is 2.50. The van der Waals surface area contributed by atoms with Crippen LogP contribution < -0.4 is 10.2 Å². The van der Waals surface area contributed by atoms with Crippen LogP contribution in [0.3, 0.4) is 0 Å². The van der Waals surface area contributed by atoms with E-state index in [4.69, 9.17) is 5.11 Å². The molecule has 3 atom stereocenters. The fourth-order valence-electron chi connectivity index (χ4n) is 5.86. The summed E-state index contributed by atoms with van der Waals surface area (Å²) in [4.78, 5) is 41.5. The molecule has 3 aliphatic rings. The van der Waals surface area contributed by atoms with Crippen LogP contribution in [0.4, 0.5) is 15.8 Å². The van der Waals surface area contributed by atoms with Crippen LogP contribution in [0.5, 0.6) is 0 Å². The number of nitrogens with zero attached hydrogens (tertiary/aromatic N) is 2. The molecule has 5 rings (SSSR count). The van der Waals surface area contributed by atoms with Gasteiger partial charge in [-0.1, -0.05) is 24.6 Å². The number of rotatable bonds is 8. The largest absolute Gasteiger partial charge is 0.481 e. The summed E-state index contributed by atoms with van der Waals surface area (Å²) in [6.07, 6.45) is 4.62. The molecule has 0 aromatic heterocycles. The molecule has 1 aliphatic heterocycles. The Morgan fingerprint density at radius 3 is 2.46 bits per heavy atom. The van der Waals surface area contributed by atoms with Gasteiger partial charge in [-0.15, -0.1) is 0 Å². The molecule has 0 radical (unpaired) electrons. The zero-order valence-electron chi connectivity index (χ0n) is 19.5. The topological polar surface area (TPSA) is 90.0 Å². The SMILES string of the molecule is O=C(O)CCC(=O)N(C1CC1)[C@H]1c2ccccc2N(CC(=O)Nc2ccc(F)cc2)[C@H]2CCC[C@H]21. The maximum absolute atomic E-state index is 13.3. The fourth-order valence-corrected chi connectivity index (χ4v) is 5.86. The van der Waals surface area contributed by atoms with Crippen molar-refractivity contribution in [2.75, 3.05) is 16.8 Å². The van der Waals surface area contributed by atoms with E-state index in [9.17, 15) is 18.8 Å². The third kappa shape index (κ3) is 4.88. The molecule has 1 heterocycles. The van der Waals surface area contributed by atoms with Crippen LogP contribution in [0, 0.1) is 11.7 Å². The number of amides is 2. The smallest absolute Gasteiger partial charge is 0.303 e. The van der Waals surface area contributed by atoms with E-state index in [-0.39, 0.29) is 61.1 Å². The molecule has 2 aliphatic carbocycles. The van der Waals surface area contributed by atoms with E-state index >= 15 is 0 Å². The number of benzene rings is 2. The number of hydrogen-bond acceptors (Lipinski definition) is 4. The van der Waals surface area contributed by atoms with E-state index in [1.165, 1.54) is 12.1 Å². The standard InChI is InChI=1S/C27H30FN3O4/c28-17-8-10-18(11-9-17)29-24(32)16-30-22-6-2-1-4-20(22)27(21-5-3-7-23(21)30)31(19-12-13-19)25(33)14-15-26(34)35/h1-2,4,6,8-11,19,21,23,27H,3,5,7,12-16H2,(H,29,32)(H,34,35)/t21-,23+,27+/m1/s1. The van der Waals surface area contributed by atoms with Gasteiger partial charge in [0.1, 0.15) is 5.82 Å². The van der Waals surface area contributed by atoms with Gasteiger partial charge in [0.05, 0.1) is 19.0 Å². The minimum Gasteiger partial charge on any atom is -0.481 e. The number of anilines is 2. The van der Waals surface area contributed by atoms with Gasteiger partial charge in [0, 0.05) is 35.8 Å². The van der Waals surface area contributed by atoms with Gasteiger partial charge in [-0.2, -0.15) is 0 Å². The summed E-state index contributed by atoms with van der Waals surface area (Å²) in [5.41, 5.74) is 2.53. The number of carbonyl (C=O) groups excluding carboxylic acids is 2. The lowest BCUT2D eigenvalue weighted by molar-refractivity contribution is -0.142. The molecule has 7 nitrogen and oxygen atoms in total. The number of carboxylic acid groups (broad SMARTS) is 1. The molecular formula is C27H30FN3O4. The van der Waals surface area contributed by atoms with Crippen molar-refractivity contribution in [2.45, 2.75) is 63.1 Å². The summed E-state index contributed by atoms with van der Waals surface area (Å²) >= 11 is 0. The average Bonchev–Trinajstić information content (AvgIpc) is 3.56. The highest BCUT2D eigenvalue weighted by atomic mass is 19.1. The minimum atomic E-state index is -0.963. The predicted molar refractivity (Wildman–Crippen MR) is 129 cm³/mol. The quantitative estimate of drug-likeness (QED) is 0.588. The summed E-state index contributed by atoms with van der Waals surface area (Å²) in [6.45, 7) is 0.165. The van der Waals surface area contributed by atoms with Crippen LogP contribution >= 0.6 is 0 Å². The van der Waals surface area contributed by atoms with Gasteiger partial charge < -0.3 is 20.2 Å². The second-order valence-electron chi connectivity index (χ2n) is 9.77. The summed E-state index contributed by atoms with van der Waals surface area (Å²) in [6, 6.07) is 13.8. The summed E-state index contributed by atoms with van der Waals surface area (Å²) in [7, 11) is 0. The molecule has 0 spiro atoms. The van der Waals surface area contributed by atoms with Crippen LogP contribution in [-0.4, -0.2) is 46.4 Å². The Morgan fingerprint density at radius 2 is 1.74 bits per heavy atom. The second-order valence-corrected chi connectivity index (χ2v) is 9.77. The Hall–Kier alpha value is -3.42. The highest BCUT2D eigenvalue weighted by Crippen LogP contribution is 2.52. The van der Waals surface area contributed by atoms with Crippen molar-refractivity contribution in [3.63, 3.8) is 0 Å². The lowest BCUT2D eigenvalue weighted by Crippen LogP contribution is -2.52. The molecule has 0 unspecified atom stereocenters. The van der Waals surface area contributed by atoms with Crippen LogP contribution in [0.1, 0.15) is 56.6 Å². The van der Waals surface area contributed by atoms with Crippen molar-refractivity contribution in [3.05, 3.63) is 59.9 Å². The molecule has 35 heavy (non-hydrogen) atoms. The molecule has 2 fully saturated rings. The lowest BCUT2D eigenvalue weighted by atomic mass is 9.81. The van der Waals surface area contributed by atoms with Crippen LogP contribution in [0.25, 0.3) is 0 Å². The van der Waals surface area contributed by atoms with Crippen molar-refractivity contribution in [1.29, 1.82) is 0 Å². The molecule has 2 aromatic carbocycles. The number of aliphatic carboxylic acids is 1. The van der Waals surface area contributed by atoms with Gasteiger partial charge in [-0.3, -0.25) is 14.4 Å². The van der Waals surface area contributed by atoms with Gasteiger partial charge in [-0.05, 0) is 61.6 Å². The van der Waals surface area contributed by atoms with Gasteiger partial charge in [0.25, 0.3) is 0 Å². The maximum Gasteiger partial charge on any atom is 0.303 e. The first kappa shape index (κ1) is 23.3. The molecule has 0 bridgehead atoms. The van der Waals surface area contributed by atoms with E-state index in [1.807, 2.05) is 29.2 Å². The molecular weight excluding hydrogens is 449 g/mol. The molecule has 184 valence electrons. The monoisotopic (exact) mass is 479 g/mol. The average molecular weight is 480 g/mol. The number of halogens is 1. The molecule has 8 heteroatoms. The third-order valence-electron chi connectivity index (χ3n) is 7.42. The van der Waals surface area contributed by atoms with Crippen molar-refractivity contribution >= 4 is 29.2 Å². The van der Waals surface area contributed by atoms with Crippen molar-refractivity contribution in [2.24, 2.45) is 5.92 Å². The van der Waals surface area contributed by atoms with Gasteiger partial charge in [-0.25, -0.2) is 4.39 Å². The van der Waals surface area contributed by atoms with Crippen molar-refractivity contribution in [3.8, 4) is 0 Å². The second kappa shape index (κ2) is 9.68. The Labute approximate surface area is 203 Å². The molecule has 0 saturated heterocycles. The van der Waals surface area contributed by atoms with Crippen molar-refractivity contribution in [1.82, 2.24) is 4.90 Å². The molecule has 2 amide bonds. The first-order valence-corrected chi connectivity index (χ1v) is 12.4. The Kier molecular flexibility index (Phi) is 6.45. The summed E-state index contributed by atoms with van der Waals surface area (Å²) in [5, 5.41) is 12.0. The number of carbonyl (C=O) groups is 3. The lowest BCUT2D eigenvalue weighted by Gasteiger charge is -2.48. The van der Waals surface area contributed by atoms with Crippen LogP contribution in [0.15, 0.2) is 48.5 Å². The third-order valence-corrected chi connectivity index (χ3v) is 7.42. The number of para-hydroxylation sites is 1. The van der Waals surface area contributed by atoms with Crippen molar-refractivity contribution < 1.29 is 23.9 Å². The zero-order chi connectivity index (χ0) is 24.5. The van der Waals surface area contributed by atoms with Gasteiger partial charge >= 0.3 is 5.97 Å². The Morgan fingerprint density at radius 1 is 1.00 bits per heavy atom. The van der Waals surface area contributed by atoms with Crippen LogP contribution in [0.2, 0.25) is 0 Å². The van der Waals surface area contributed by atoms with E-state index < -0.39 is 5.97 Å². The minimum absolute atomic E-state index is 0.00563.